The zero-order chi connectivity index (χ0) is 17.5. The molecule has 0 aliphatic carbocycles. The molecule has 0 aliphatic rings. The van der Waals surface area contributed by atoms with Crippen LogP contribution >= 0.6 is 0 Å². The van der Waals surface area contributed by atoms with E-state index in [1.807, 2.05) is 36.4 Å². The van der Waals surface area contributed by atoms with E-state index < -0.39 is 0 Å². The van der Waals surface area contributed by atoms with Crippen molar-refractivity contribution in [2.24, 2.45) is 5.92 Å². The number of rotatable bonds is 7. The van der Waals surface area contributed by atoms with Gasteiger partial charge >= 0.3 is 0 Å². The standard InChI is InChI=1S/C21H27NO2/c1-5-16(4)19-11-6-7-12-20(19)22-21(23)17-9-8-10-18(13-17)24-14-15(2)3/h6-13,15-16H,5,14H2,1-4H3,(H,22,23)/t16-/m1/s1. The number of carbonyl (C=O) groups excluding carboxylic acids is 1. The maximum Gasteiger partial charge on any atom is 0.255 e. The number of anilines is 1. The number of nitrogens with one attached hydrogen (secondary N) is 1. The fraction of sp³-hybridized carbons (Fsp3) is 0.381. The van der Waals surface area contributed by atoms with Gasteiger partial charge in [0.2, 0.25) is 0 Å². The fourth-order valence-electron chi connectivity index (χ4n) is 2.44. The zero-order valence-corrected chi connectivity index (χ0v) is 15.0. The van der Waals surface area contributed by atoms with Gasteiger partial charge in [-0.1, -0.05) is 52.0 Å². The molecule has 2 aromatic rings. The van der Waals surface area contributed by atoms with Gasteiger partial charge in [0.15, 0.2) is 0 Å². The van der Waals surface area contributed by atoms with Crippen LogP contribution in [0.5, 0.6) is 5.75 Å². The summed E-state index contributed by atoms with van der Waals surface area (Å²) >= 11 is 0. The first-order chi connectivity index (χ1) is 11.5. The van der Waals surface area contributed by atoms with Crippen molar-refractivity contribution in [3.8, 4) is 5.75 Å². The Hall–Kier alpha value is -2.29. The fourth-order valence-corrected chi connectivity index (χ4v) is 2.44. The third-order valence-corrected chi connectivity index (χ3v) is 4.03. The van der Waals surface area contributed by atoms with E-state index in [0.29, 0.717) is 24.0 Å². The quantitative estimate of drug-likeness (QED) is 0.731. The van der Waals surface area contributed by atoms with Crippen LogP contribution in [0.15, 0.2) is 48.5 Å². The minimum Gasteiger partial charge on any atom is -0.493 e. The molecule has 0 spiro atoms. The second-order valence-corrected chi connectivity index (χ2v) is 6.58. The Morgan fingerprint density at radius 3 is 2.54 bits per heavy atom. The predicted octanol–water partition coefficient (Wildman–Crippen LogP) is 5.49. The number of benzene rings is 2. The highest BCUT2D eigenvalue weighted by Gasteiger charge is 2.13. The van der Waals surface area contributed by atoms with Gasteiger partial charge < -0.3 is 10.1 Å². The van der Waals surface area contributed by atoms with E-state index in [0.717, 1.165) is 17.9 Å². The molecule has 1 N–H and O–H groups in total. The Morgan fingerprint density at radius 2 is 1.83 bits per heavy atom. The van der Waals surface area contributed by atoms with Crippen LogP contribution in [0.2, 0.25) is 0 Å². The van der Waals surface area contributed by atoms with Crippen molar-refractivity contribution in [3.63, 3.8) is 0 Å². The van der Waals surface area contributed by atoms with Gasteiger partial charge in [0.1, 0.15) is 5.75 Å². The van der Waals surface area contributed by atoms with E-state index in [1.54, 1.807) is 6.07 Å². The van der Waals surface area contributed by atoms with Crippen molar-refractivity contribution < 1.29 is 9.53 Å². The molecule has 0 saturated heterocycles. The first-order valence-electron chi connectivity index (χ1n) is 8.64. The highest BCUT2D eigenvalue weighted by atomic mass is 16.5. The molecule has 3 heteroatoms. The molecule has 0 fully saturated rings. The molecule has 1 amide bonds. The van der Waals surface area contributed by atoms with Crippen LogP contribution in [0.4, 0.5) is 5.69 Å². The predicted molar refractivity (Wildman–Crippen MR) is 99.9 cm³/mol. The number of hydrogen-bond donors (Lipinski definition) is 1. The second-order valence-electron chi connectivity index (χ2n) is 6.58. The molecule has 24 heavy (non-hydrogen) atoms. The summed E-state index contributed by atoms with van der Waals surface area (Å²) in [5.74, 6) is 1.47. The number of ether oxygens (including phenoxy) is 1. The topological polar surface area (TPSA) is 38.3 Å². The Labute approximate surface area is 145 Å². The molecule has 1 atom stereocenters. The SMILES string of the molecule is CC[C@@H](C)c1ccccc1NC(=O)c1cccc(OCC(C)C)c1. The lowest BCUT2D eigenvalue weighted by atomic mass is 9.97. The van der Waals surface area contributed by atoms with E-state index in [1.165, 1.54) is 5.56 Å². The van der Waals surface area contributed by atoms with Crippen LogP contribution in [0, 0.1) is 5.92 Å². The van der Waals surface area contributed by atoms with Gasteiger partial charge in [0.05, 0.1) is 6.61 Å². The maximum absolute atomic E-state index is 12.6. The molecule has 2 rings (SSSR count). The summed E-state index contributed by atoms with van der Waals surface area (Å²) in [6.07, 6.45) is 1.03. The monoisotopic (exact) mass is 325 g/mol. The highest BCUT2D eigenvalue weighted by Crippen LogP contribution is 2.27. The molecule has 2 aromatic carbocycles. The van der Waals surface area contributed by atoms with Gasteiger partial charge in [0, 0.05) is 11.3 Å². The number of hydrogen-bond acceptors (Lipinski definition) is 2. The Morgan fingerprint density at radius 1 is 1.08 bits per heavy atom. The third-order valence-electron chi connectivity index (χ3n) is 4.03. The number of para-hydroxylation sites is 1. The first-order valence-corrected chi connectivity index (χ1v) is 8.64. The molecule has 0 heterocycles. The number of amides is 1. The van der Waals surface area contributed by atoms with Crippen LogP contribution < -0.4 is 10.1 Å². The van der Waals surface area contributed by atoms with Crippen molar-refractivity contribution in [2.75, 3.05) is 11.9 Å². The van der Waals surface area contributed by atoms with Gasteiger partial charge in [-0.2, -0.15) is 0 Å². The lowest BCUT2D eigenvalue weighted by molar-refractivity contribution is 0.102. The molecule has 0 bridgehead atoms. The summed E-state index contributed by atoms with van der Waals surface area (Å²) in [6, 6.07) is 15.3. The van der Waals surface area contributed by atoms with Gasteiger partial charge in [-0.15, -0.1) is 0 Å². The average Bonchev–Trinajstić information content (AvgIpc) is 2.60. The molecular weight excluding hydrogens is 298 g/mol. The van der Waals surface area contributed by atoms with Crippen molar-refractivity contribution in [2.45, 2.75) is 40.0 Å². The summed E-state index contributed by atoms with van der Waals surface area (Å²) in [5, 5.41) is 3.04. The largest absolute Gasteiger partial charge is 0.493 e. The van der Waals surface area contributed by atoms with Gasteiger partial charge in [-0.25, -0.2) is 0 Å². The molecule has 0 aromatic heterocycles. The van der Waals surface area contributed by atoms with Crippen molar-refractivity contribution in [3.05, 3.63) is 59.7 Å². The van der Waals surface area contributed by atoms with E-state index in [4.69, 9.17) is 4.74 Å². The van der Waals surface area contributed by atoms with Crippen LogP contribution in [0.3, 0.4) is 0 Å². The van der Waals surface area contributed by atoms with Crippen molar-refractivity contribution in [1.82, 2.24) is 0 Å². The van der Waals surface area contributed by atoms with E-state index in [9.17, 15) is 4.79 Å². The number of carbonyl (C=O) groups is 1. The van der Waals surface area contributed by atoms with Crippen molar-refractivity contribution in [1.29, 1.82) is 0 Å². The first kappa shape index (κ1) is 18.1. The molecule has 0 aliphatic heterocycles. The van der Waals surface area contributed by atoms with Crippen molar-refractivity contribution >= 4 is 11.6 Å². The van der Waals surface area contributed by atoms with E-state index in [-0.39, 0.29) is 5.91 Å². The average molecular weight is 325 g/mol. The van der Waals surface area contributed by atoms with Gasteiger partial charge in [0.25, 0.3) is 5.91 Å². The molecule has 0 saturated carbocycles. The van der Waals surface area contributed by atoms with E-state index in [2.05, 4.69) is 39.1 Å². The Bertz CT molecular complexity index is 679. The van der Waals surface area contributed by atoms with Gasteiger partial charge in [-0.3, -0.25) is 4.79 Å². The summed E-state index contributed by atoms with van der Waals surface area (Å²) < 4.78 is 5.71. The molecular formula is C21H27NO2. The maximum atomic E-state index is 12.6. The molecule has 128 valence electrons. The summed E-state index contributed by atoms with van der Waals surface area (Å²) in [5.41, 5.74) is 2.65. The summed E-state index contributed by atoms with van der Waals surface area (Å²) in [6.45, 7) is 9.16. The molecule has 0 radical (unpaired) electrons. The Kier molecular flexibility index (Phi) is 6.42. The second kappa shape index (κ2) is 8.53. The van der Waals surface area contributed by atoms with E-state index >= 15 is 0 Å². The minimum atomic E-state index is -0.110. The van der Waals surface area contributed by atoms with Crippen LogP contribution in [-0.2, 0) is 0 Å². The normalized spacial score (nSPS) is 12.0. The van der Waals surface area contributed by atoms with Crippen LogP contribution in [0.25, 0.3) is 0 Å². The molecule has 0 unspecified atom stereocenters. The minimum absolute atomic E-state index is 0.110. The lowest BCUT2D eigenvalue weighted by Crippen LogP contribution is -2.14. The zero-order valence-electron chi connectivity index (χ0n) is 15.0. The third kappa shape index (κ3) is 4.85. The van der Waals surface area contributed by atoms with Crippen LogP contribution in [0.1, 0.15) is 56.0 Å². The smallest absolute Gasteiger partial charge is 0.255 e. The molecule has 3 nitrogen and oxygen atoms in total. The highest BCUT2D eigenvalue weighted by molar-refractivity contribution is 6.04. The summed E-state index contributed by atoms with van der Waals surface area (Å²) in [7, 11) is 0. The van der Waals surface area contributed by atoms with Gasteiger partial charge in [-0.05, 0) is 48.1 Å². The Balaban J connectivity index is 2.14. The summed E-state index contributed by atoms with van der Waals surface area (Å²) in [4.78, 5) is 12.6. The van der Waals surface area contributed by atoms with Crippen LogP contribution in [-0.4, -0.2) is 12.5 Å². The lowest BCUT2D eigenvalue weighted by Gasteiger charge is -2.16.